The molecule has 3 heteroatoms. The highest BCUT2D eigenvalue weighted by atomic mass is 15.2. The Bertz CT molecular complexity index is 244. The van der Waals surface area contributed by atoms with Gasteiger partial charge in [-0.1, -0.05) is 13.3 Å². The van der Waals surface area contributed by atoms with Crippen molar-refractivity contribution in [1.29, 1.82) is 0 Å². The SMILES string of the molecule is CCNC1CCN(CC2CCCCN2C)C(C)C1. The van der Waals surface area contributed by atoms with Crippen molar-refractivity contribution in [3.05, 3.63) is 0 Å². The molecule has 0 aromatic heterocycles. The summed E-state index contributed by atoms with van der Waals surface area (Å²) in [6, 6.07) is 2.31. The smallest absolute Gasteiger partial charge is 0.0220 e. The van der Waals surface area contributed by atoms with Gasteiger partial charge in [0.1, 0.15) is 0 Å². The van der Waals surface area contributed by atoms with Gasteiger partial charge in [-0.3, -0.25) is 4.90 Å². The first-order valence-corrected chi connectivity index (χ1v) is 7.88. The molecule has 0 aliphatic carbocycles. The average Bonchev–Trinajstić information content (AvgIpc) is 2.35. The van der Waals surface area contributed by atoms with Crippen molar-refractivity contribution >= 4 is 0 Å². The molecule has 2 aliphatic rings. The molecule has 0 saturated carbocycles. The normalized spacial score (nSPS) is 35.8. The van der Waals surface area contributed by atoms with E-state index in [1.807, 2.05) is 0 Å². The summed E-state index contributed by atoms with van der Waals surface area (Å²) in [5, 5.41) is 3.61. The number of likely N-dealkylation sites (N-methyl/N-ethyl adjacent to an activating group) is 1. The van der Waals surface area contributed by atoms with Gasteiger partial charge >= 0.3 is 0 Å². The van der Waals surface area contributed by atoms with Crippen molar-refractivity contribution in [3.63, 3.8) is 0 Å². The zero-order valence-corrected chi connectivity index (χ0v) is 12.5. The predicted octanol–water partition coefficient (Wildman–Crippen LogP) is 1.93. The number of hydrogen-bond acceptors (Lipinski definition) is 3. The molecule has 106 valence electrons. The second-order valence-corrected chi connectivity index (χ2v) is 6.25. The van der Waals surface area contributed by atoms with Gasteiger partial charge in [0.05, 0.1) is 0 Å². The lowest BCUT2D eigenvalue weighted by atomic mass is 9.95. The molecule has 1 N–H and O–H groups in total. The molecule has 0 aromatic rings. The summed E-state index contributed by atoms with van der Waals surface area (Å²) in [5.41, 5.74) is 0. The van der Waals surface area contributed by atoms with E-state index >= 15 is 0 Å². The molecule has 2 heterocycles. The Morgan fingerprint density at radius 2 is 2.00 bits per heavy atom. The Hall–Kier alpha value is -0.120. The van der Waals surface area contributed by atoms with Crippen molar-refractivity contribution in [2.24, 2.45) is 0 Å². The maximum atomic E-state index is 3.61. The molecule has 2 aliphatic heterocycles. The third kappa shape index (κ3) is 3.69. The Labute approximate surface area is 113 Å². The summed E-state index contributed by atoms with van der Waals surface area (Å²) in [6.45, 7) is 9.61. The Kier molecular flexibility index (Phi) is 5.46. The standard InChI is InChI=1S/C15H31N3/c1-4-16-14-8-10-18(13(2)11-14)12-15-7-5-6-9-17(15)3/h13-16H,4-12H2,1-3H3. The second kappa shape index (κ2) is 6.88. The van der Waals surface area contributed by atoms with Crippen LogP contribution < -0.4 is 5.32 Å². The molecular formula is C15H31N3. The molecule has 0 amide bonds. The lowest BCUT2D eigenvalue weighted by Crippen LogP contribution is -2.52. The van der Waals surface area contributed by atoms with Gasteiger partial charge in [0.25, 0.3) is 0 Å². The third-order valence-corrected chi connectivity index (χ3v) is 4.87. The van der Waals surface area contributed by atoms with Gasteiger partial charge in [0, 0.05) is 24.7 Å². The topological polar surface area (TPSA) is 18.5 Å². The number of likely N-dealkylation sites (tertiary alicyclic amines) is 2. The van der Waals surface area contributed by atoms with Crippen LogP contribution in [0.3, 0.4) is 0 Å². The van der Waals surface area contributed by atoms with Gasteiger partial charge in [-0.05, 0) is 59.3 Å². The molecule has 2 saturated heterocycles. The summed E-state index contributed by atoms with van der Waals surface area (Å²) in [4.78, 5) is 5.30. The molecule has 18 heavy (non-hydrogen) atoms. The highest BCUT2D eigenvalue weighted by Crippen LogP contribution is 2.21. The molecule has 3 atom stereocenters. The first kappa shape index (κ1) is 14.3. The summed E-state index contributed by atoms with van der Waals surface area (Å²) in [7, 11) is 2.31. The van der Waals surface area contributed by atoms with E-state index in [1.54, 1.807) is 0 Å². The molecule has 2 fully saturated rings. The first-order valence-electron chi connectivity index (χ1n) is 7.88. The van der Waals surface area contributed by atoms with Crippen molar-refractivity contribution in [3.8, 4) is 0 Å². The van der Waals surface area contributed by atoms with Crippen LogP contribution in [0.25, 0.3) is 0 Å². The van der Waals surface area contributed by atoms with Crippen LogP contribution in [0.15, 0.2) is 0 Å². The number of rotatable bonds is 4. The lowest BCUT2D eigenvalue weighted by Gasteiger charge is -2.42. The van der Waals surface area contributed by atoms with E-state index in [0.29, 0.717) is 0 Å². The summed E-state index contributed by atoms with van der Waals surface area (Å²) in [5.74, 6) is 0. The van der Waals surface area contributed by atoms with E-state index in [-0.39, 0.29) is 0 Å². The van der Waals surface area contributed by atoms with E-state index in [1.165, 1.54) is 51.7 Å². The van der Waals surface area contributed by atoms with Crippen molar-refractivity contribution in [2.75, 3.05) is 33.2 Å². The fraction of sp³-hybridized carbons (Fsp3) is 1.00. The van der Waals surface area contributed by atoms with Crippen LogP contribution in [0.4, 0.5) is 0 Å². The zero-order valence-electron chi connectivity index (χ0n) is 12.5. The highest BCUT2D eigenvalue weighted by Gasteiger charge is 2.28. The van der Waals surface area contributed by atoms with Crippen LogP contribution in [0.1, 0.15) is 46.0 Å². The highest BCUT2D eigenvalue weighted by molar-refractivity contribution is 4.86. The minimum absolute atomic E-state index is 0.748. The number of hydrogen-bond donors (Lipinski definition) is 1. The molecule has 0 aromatic carbocycles. The van der Waals surface area contributed by atoms with Crippen LogP contribution in [0.2, 0.25) is 0 Å². The van der Waals surface area contributed by atoms with Gasteiger partial charge in [-0.15, -0.1) is 0 Å². The number of nitrogens with one attached hydrogen (secondary N) is 1. The minimum Gasteiger partial charge on any atom is -0.314 e. The summed E-state index contributed by atoms with van der Waals surface area (Å²) in [6.07, 6.45) is 6.87. The quantitative estimate of drug-likeness (QED) is 0.826. The van der Waals surface area contributed by atoms with Crippen LogP contribution in [-0.2, 0) is 0 Å². The van der Waals surface area contributed by atoms with Crippen molar-refractivity contribution in [1.82, 2.24) is 15.1 Å². The van der Waals surface area contributed by atoms with Crippen LogP contribution in [-0.4, -0.2) is 61.2 Å². The van der Waals surface area contributed by atoms with Gasteiger partial charge in [0.2, 0.25) is 0 Å². The van der Waals surface area contributed by atoms with E-state index in [9.17, 15) is 0 Å². The summed E-state index contributed by atoms with van der Waals surface area (Å²) >= 11 is 0. The van der Waals surface area contributed by atoms with Gasteiger partial charge in [-0.25, -0.2) is 0 Å². The molecule has 0 bridgehead atoms. The molecule has 3 nitrogen and oxygen atoms in total. The monoisotopic (exact) mass is 253 g/mol. The van der Waals surface area contributed by atoms with E-state index in [2.05, 4.69) is 36.0 Å². The molecule has 0 radical (unpaired) electrons. The fourth-order valence-electron chi connectivity index (χ4n) is 3.61. The number of piperidine rings is 2. The van der Waals surface area contributed by atoms with E-state index in [0.717, 1.165) is 24.7 Å². The van der Waals surface area contributed by atoms with Crippen LogP contribution in [0.5, 0.6) is 0 Å². The average molecular weight is 253 g/mol. The zero-order chi connectivity index (χ0) is 13.0. The second-order valence-electron chi connectivity index (χ2n) is 6.25. The number of nitrogens with zero attached hydrogens (tertiary/aromatic N) is 2. The van der Waals surface area contributed by atoms with E-state index < -0.39 is 0 Å². The Morgan fingerprint density at radius 3 is 2.67 bits per heavy atom. The molecule has 2 rings (SSSR count). The molecule has 0 spiro atoms. The van der Waals surface area contributed by atoms with Gasteiger partial charge in [0.15, 0.2) is 0 Å². The summed E-state index contributed by atoms with van der Waals surface area (Å²) < 4.78 is 0. The van der Waals surface area contributed by atoms with Crippen molar-refractivity contribution < 1.29 is 0 Å². The molecular weight excluding hydrogens is 222 g/mol. The third-order valence-electron chi connectivity index (χ3n) is 4.87. The minimum atomic E-state index is 0.748. The predicted molar refractivity (Wildman–Crippen MR) is 78.0 cm³/mol. The Morgan fingerprint density at radius 1 is 1.17 bits per heavy atom. The van der Waals surface area contributed by atoms with Crippen LogP contribution >= 0.6 is 0 Å². The van der Waals surface area contributed by atoms with Gasteiger partial charge < -0.3 is 10.2 Å². The van der Waals surface area contributed by atoms with Gasteiger partial charge in [-0.2, -0.15) is 0 Å². The molecule has 3 unspecified atom stereocenters. The largest absolute Gasteiger partial charge is 0.314 e. The van der Waals surface area contributed by atoms with Crippen molar-refractivity contribution in [2.45, 2.75) is 64.1 Å². The van der Waals surface area contributed by atoms with E-state index in [4.69, 9.17) is 0 Å². The first-order chi connectivity index (χ1) is 8.70. The van der Waals surface area contributed by atoms with Crippen LogP contribution in [0, 0.1) is 0 Å². The Balaban J connectivity index is 1.79. The maximum Gasteiger partial charge on any atom is 0.0220 e. The maximum absolute atomic E-state index is 3.61. The fourth-order valence-corrected chi connectivity index (χ4v) is 3.61. The lowest BCUT2D eigenvalue weighted by molar-refractivity contribution is 0.0775.